The normalized spacial score (nSPS) is 11.5. The molecule has 0 spiro atoms. The number of allylic oxidation sites excluding steroid dienone is 1. The highest BCUT2D eigenvalue weighted by molar-refractivity contribution is 6.30. The number of halogens is 1. The number of aryl methyl sites for hydroxylation is 1. The van der Waals surface area contributed by atoms with Crippen LogP contribution in [0.3, 0.4) is 0 Å². The largest absolute Gasteiger partial charge is 0.412 e. The van der Waals surface area contributed by atoms with Crippen LogP contribution in [0.4, 0.5) is 11.8 Å². The summed E-state index contributed by atoms with van der Waals surface area (Å²) in [7, 11) is 0. The minimum atomic E-state index is -0.0336. The fraction of sp³-hybridized carbons (Fsp3) is 0.294. The molecule has 6 heteroatoms. The number of hydrogen-bond acceptors (Lipinski definition) is 4. The maximum atomic E-state index is 5.92. The molecule has 2 rings (SSSR count). The van der Waals surface area contributed by atoms with Crippen molar-refractivity contribution in [2.75, 3.05) is 11.5 Å². The highest BCUT2D eigenvalue weighted by Gasteiger charge is 2.15. The minimum Gasteiger partial charge on any atom is -0.412 e. The number of nitrogens with zero attached hydrogens (tertiary/aromatic N) is 2. The Hall–Kier alpha value is -2.11. The smallest absolute Gasteiger partial charge is 0.222 e. The van der Waals surface area contributed by atoms with Crippen LogP contribution in [0.2, 0.25) is 5.02 Å². The summed E-state index contributed by atoms with van der Waals surface area (Å²) in [5.74, 6) is 0.608. The van der Waals surface area contributed by atoms with Gasteiger partial charge >= 0.3 is 0 Å². The van der Waals surface area contributed by atoms with E-state index in [2.05, 4.69) is 29.9 Å². The topological polar surface area (TPSA) is 109 Å². The molecular weight excluding hydrogens is 312 g/mol. The number of aromatic nitrogens is 2. The Kier molecular flexibility index (Phi) is 6.12. The minimum absolute atomic E-state index is 0. The van der Waals surface area contributed by atoms with Crippen LogP contribution in [0.25, 0.3) is 6.08 Å². The average Bonchev–Trinajstić information content (AvgIpc) is 2.40. The van der Waals surface area contributed by atoms with Crippen LogP contribution >= 0.6 is 11.6 Å². The van der Waals surface area contributed by atoms with Gasteiger partial charge in [0.1, 0.15) is 5.82 Å². The molecule has 1 heterocycles. The summed E-state index contributed by atoms with van der Waals surface area (Å²) in [6, 6.07) is 7.91. The predicted octanol–water partition coefficient (Wildman–Crippen LogP) is 3.06. The van der Waals surface area contributed by atoms with Crippen LogP contribution in [0.5, 0.6) is 0 Å². The summed E-state index contributed by atoms with van der Waals surface area (Å²) >= 11 is 5.92. The Morgan fingerprint density at radius 1 is 1.13 bits per heavy atom. The highest BCUT2D eigenvalue weighted by Crippen LogP contribution is 2.27. The first-order valence-corrected chi connectivity index (χ1v) is 7.48. The van der Waals surface area contributed by atoms with E-state index in [-0.39, 0.29) is 16.8 Å². The van der Waals surface area contributed by atoms with Gasteiger partial charge in [-0.15, -0.1) is 0 Å². The fourth-order valence-electron chi connectivity index (χ4n) is 2.33. The van der Waals surface area contributed by atoms with E-state index in [1.54, 1.807) is 0 Å². The number of nitrogen functional groups attached to an aromatic ring is 2. The van der Waals surface area contributed by atoms with Crippen LogP contribution in [0.1, 0.15) is 30.7 Å². The lowest BCUT2D eigenvalue weighted by Crippen LogP contribution is -2.11. The molecule has 1 aromatic carbocycles. The fourth-order valence-corrected chi connectivity index (χ4v) is 2.45. The van der Waals surface area contributed by atoms with Crippen LogP contribution < -0.4 is 11.5 Å². The van der Waals surface area contributed by atoms with E-state index in [1.807, 2.05) is 37.3 Å². The number of rotatable bonds is 4. The Bertz CT molecular complexity index is 673. The summed E-state index contributed by atoms with van der Waals surface area (Å²) in [6.45, 7) is 6.21. The molecule has 0 atom stereocenters. The van der Waals surface area contributed by atoms with E-state index in [0.717, 1.165) is 22.7 Å². The predicted molar refractivity (Wildman–Crippen MR) is 97.2 cm³/mol. The van der Waals surface area contributed by atoms with Gasteiger partial charge in [-0.3, -0.25) is 0 Å². The van der Waals surface area contributed by atoms with Gasteiger partial charge in [0, 0.05) is 10.6 Å². The van der Waals surface area contributed by atoms with E-state index < -0.39 is 0 Å². The molecule has 2 aromatic rings. The molecule has 0 radical (unpaired) electrons. The first-order chi connectivity index (χ1) is 10.3. The van der Waals surface area contributed by atoms with Crippen molar-refractivity contribution in [1.29, 1.82) is 0 Å². The zero-order valence-electron chi connectivity index (χ0n) is 13.6. The molecule has 0 amide bonds. The van der Waals surface area contributed by atoms with Gasteiger partial charge in [-0.1, -0.05) is 49.7 Å². The number of nitrogens with two attached hydrogens (primary N) is 2. The van der Waals surface area contributed by atoms with Gasteiger partial charge in [0.2, 0.25) is 5.95 Å². The van der Waals surface area contributed by atoms with Gasteiger partial charge in [0.15, 0.2) is 0 Å². The zero-order chi connectivity index (χ0) is 16.3. The third kappa shape index (κ3) is 5.23. The molecular formula is C17H23ClN4O. The summed E-state index contributed by atoms with van der Waals surface area (Å²) in [5.41, 5.74) is 14.3. The maximum absolute atomic E-state index is 5.92. The van der Waals surface area contributed by atoms with Crippen molar-refractivity contribution in [1.82, 2.24) is 9.97 Å². The second-order valence-corrected chi connectivity index (χ2v) is 6.53. The molecule has 0 aliphatic carbocycles. The van der Waals surface area contributed by atoms with Gasteiger partial charge in [0.25, 0.3) is 0 Å². The van der Waals surface area contributed by atoms with Gasteiger partial charge in [-0.2, -0.15) is 4.98 Å². The van der Waals surface area contributed by atoms with E-state index in [1.165, 1.54) is 5.56 Å². The van der Waals surface area contributed by atoms with Crippen LogP contribution in [0, 0.1) is 12.3 Å². The summed E-state index contributed by atoms with van der Waals surface area (Å²) < 4.78 is 0. The molecule has 0 unspecified atom stereocenters. The Labute approximate surface area is 141 Å². The van der Waals surface area contributed by atoms with Crippen LogP contribution in [0.15, 0.2) is 30.3 Å². The molecule has 0 saturated heterocycles. The molecule has 23 heavy (non-hydrogen) atoms. The van der Waals surface area contributed by atoms with E-state index in [0.29, 0.717) is 5.82 Å². The summed E-state index contributed by atoms with van der Waals surface area (Å²) in [4.78, 5) is 8.16. The van der Waals surface area contributed by atoms with Crippen LogP contribution in [-0.4, -0.2) is 15.4 Å². The lowest BCUT2D eigenvalue weighted by atomic mass is 9.85. The molecule has 0 aliphatic rings. The second kappa shape index (κ2) is 7.44. The van der Waals surface area contributed by atoms with Crippen molar-refractivity contribution in [3.05, 3.63) is 52.2 Å². The third-order valence-electron chi connectivity index (χ3n) is 3.46. The molecule has 0 fully saturated rings. The van der Waals surface area contributed by atoms with Gasteiger partial charge in [-0.05, 0) is 36.5 Å². The van der Waals surface area contributed by atoms with Crippen molar-refractivity contribution in [2.24, 2.45) is 5.41 Å². The molecule has 0 aliphatic heterocycles. The average molecular weight is 335 g/mol. The Balaban J connectivity index is 0.00000264. The molecule has 1 aromatic heterocycles. The standard InChI is InChI=1S/C17H21ClN4.H2O/c1-11-14(15(19)22-16(20)21-11)8-9-17(2,3)10-12-4-6-13(18)7-5-12;/h4-9H,10H2,1-3H3,(H4,19,20,21,22);1H2/b9-8+;. The molecule has 0 saturated carbocycles. The zero-order valence-corrected chi connectivity index (χ0v) is 14.4. The molecule has 6 N–H and O–H groups in total. The van der Waals surface area contributed by atoms with Gasteiger partial charge in [0.05, 0.1) is 5.69 Å². The van der Waals surface area contributed by atoms with Crippen LogP contribution in [-0.2, 0) is 6.42 Å². The Morgan fingerprint density at radius 2 is 1.74 bits per heavy atom. The lowest BCUT2D eigenvalue weighted by Gasteiger charge is -2.20. The van der Waals surface area contributed by atoms with Crippen molar-refractivity contribution < 1.29 is 5.48 Å². The monoisotopic (exact) mass is 334 g/mol. The number of anilines is 2. The lowest BCUT2D eigenvalue weighted by molar-refractivity contribution is 0.480. The van der Waals surface area contributed by atoms with E-state index in [4.69, 9.17) is 23.1 Å². The molecule has 124 valence electrons. The van der Waals surface area contributed by atoms with Crippen molar-refractivity contribution in [3.63, 3.8) is 0 Å². The maximum Gasteiger partial charge on any atom is 0.222 e. The van der Waals surface area contributed by atoms with Crippen molar-refractivity contribution in [3.8, 4) is 0 Å². The summed E-state index contributed by atoms with van der Waals surface area (Å²) in [6.07, 6.45) is 5.00. The summed E-state index contributed by atoms with van der Waals surface area (Å²) in [5, 5.41) is 0.750. The molecule has 5 nitrogen and oxygen atoms in total. The molecule has 0 bridgehead atoms. The van der Waals surface area contributed by atoms with Gasteiger partial charge in [-0.25, -0.2) is 4.98 Å². The quantitative estimate of drug-likeness (QED) is 0.895. The Morgan fingerprint density at radius 3 is 2.30 bits per heavy atom. The second-order valence-electron chi connectivity index (χ2n) is 6.09. The first-order valence-electron chi connectivity index (χ1n) is 7.10. The number of benzene rings is 1. The van der Waals surface area contributed by atoms with E-state index in [9.17, 15) is 0 Å². The van der Waals surface area contributed by atoms with Gasteiger partial charge < -0.3 is 16.9 Å². The highest BCUT2D eigenvalue weighted by atomic mass is 35.5. The SMILES string of the molecule is Cc1nc(N)nc(N)c1/C=C/C(C)(C)Cc1ccc(Cl)cc1.O. The first kappa shape index (κ1) is 18.9. The number of hydrogen-bond donors (Lipinski definition) is 2. The van der Waals surface area contributed by atoms with E-state index >= 15 is 0 Å². The van der Waals surface area contributed by atoms with Crippen molar-refractivity contribution >= 4 is 29.4 Å². The van der Waals surface area contributed by atoms with Crippen molar-refractivity contribution in [2.45, 2.75) is 27.2 Å². The third-order valence-corrected chi connectivity index (χ3v) is 3.71.